The van der Waals surface area contributed by atoms with Crippen LogP contribution >= 0.6 is 0 Å². The second-order valence-electron chi connectivity index (χ2n) is 10.9. The quantitative estimate of drug-likeness (QED) is 0.200. The maximum Gasteiger partial charge on any atom is 0.164 e. The number of aromatic nitrogens is 4. The van der Waals surface area contributed by atoms with Crippen molar-refractivity contribution in [3.05, 3.63) is 156 Å². The summed E-state index contributed by atoms with van der Waals surface area (Å²) in [5, 5.41) is -0.660. The number of rotatable bonds is 4. The maximum absolute atomic E-state index is 9.39. The molecule has 0 atom stereocenters. The minimum atomic E-state index is -3.62. The fraction of sp³-hybridized carbons (Fsp3) is 0.0714. The third kappa shape index (κ3) is 3.97. The van der Waals surface area contributed by atoms with Gasteiger partial charge in [-0.05, 0) is 52.6 Å². The Balaban J connectivity index is 1.43. The molecule has 4 heteroatoms. The SMILES string of the molecule is [2H]c1c([2H])c([2H])c2c(c1[2H])-c1c([2H])c([2H])c3c4c([2H])c([2H])c([2H])c([2H])c4n(-c4ccc(-c5nc(-c6ccccc6)nc(-c6ccccc6)n5)cc4)c3c1C2(C([2H])([2H])[2H])C([2H])([2H])[2H]. The third-order valence-electron chi connectivity index (χ3n) is 8.17. The van der Waals surface area contributed by atoms with Crippen LogP contribution in [-0.2, 0) is 5.41 Å². The van der Waals surface area contributed by atoms with Gasteiger partial charge < -0.3 is 4.57 Å². The van der Waals surface area contributed by atoms with E-state index >= 15 is 0 Å². The van der Waals surface area contributed by atoms with Crippen molar-refractivity contribution in [1.29, 1.82) is 0 Å². The van der Waals surface area contributed by atoms with Gasteiger partial charge in [0, 0.05) is 46.8 Å². The van der Waals surface area contributed by atoms with Gasteiger partial charge in [-0.1, -0.05) is 129 Å². The van der Waals surface area contributed by atoms with Crippen LogP contribution in [0.5, 0.6) is 0 Å². The summed E-state index contributed by atoms with van der Waals surface area (Å²) in [6, 6.07) is 17.1. The van der Waals surface area contributed by atoms with Crippen LogP contribution in [0.2, 0.25) is 0 Å². The molecule has 0 saturated carbocycles. The van der Waals surface area contributed by atoms with Gasteiger partial charge in [-0.2, -0.15) is 0 Å². The molecule has 4 nitrogen and oxygen atoms in total. The molecule has 0 N–H and O–H groups in total. The molecule has 9 rings (SSSR count). The van der Waals surface area contributed by atoms with Gasteiger partial charge in [-0.3, -0.25) is 0 Å². The van der Waals surface area contributed by atoms with Crippen molar-refractivity contribution in [3.63, 3.8) is 0 Å². The number of para-hydroxylation sites is 1. The number of hydrogen-bond acceptors (Lipinski definition) is 3. The molecule has 46 heavy (non-hydrogen) atoms. The Morgan fingerprint density at radius 1 is 0.565 bits per heavy atom. The van der Waals surface area contributed by atoms with E-state index in [1.807, 2.05) is 60.7 Å². The Bertz CT molecular complexity index is 3130. The fourth-order valence-electron chi connectivity index (χ4n) is 6.08. The summed E-state index contributed by atoms with van der Waals surface area (Å²) in [7, 11) is 0. The van der Waals surface area contributed by atoms with E-state index in [1.54, 1.807) is 12.1 Å². The zero-order valence-corrected chi connectivity index (χ0v) is 23.9. The van der Waals surface area contributed by atoms with E-state index in [9.17, 15) is 4.11 Å². The standard InChI is InChI=1S/C42H30N4/c1-42(2)35-19-11-9-17-31(35)33-25-26-34-32-18-10-12-20-36(32)46(38(34)37(33)42)30-23-21-29(22-24-30)41-44-39(27-13-5-3-6-14-27)43-40(45-41)28-15-7-4-8-16-28/h3-26H,1-2H3/i1D3,2D3,9D,10D,11D,12D,17D,18D,19D,20D,25D,26D. The molecule has 6 aromatic carbocycles. The molecule has 2 aromatic heterocycles. The normalized spacial score (nSPS) is 18.7. The third-order valence-corrected chi connectivity index (χ3v) is 8.17. The summed E-state index contributed by atoms with van der Waals surface area (Å²) >= 11 is 0. The molecular weight excluding hydrogens is 560 g/mol. The molecule has 0 bridgehead atoms. The predicted octanol–water partition coefficient (Wildman–Crippen LogP) is 10.3. The number of benzene rings is 6. The highest BCUT2D eigenvalue weighted by molar-refractivity contribution is 6.13. The molecule has 0 amide bonds. The second kappa shape index (κ2) is 10.1. The number of fused-ring (bicyclic) bond motifs is 7. The van der Waals surface area contributed by atoms with Crippen LogP contribution < -0.4 is 0 Å². The van der Waals surface area contributed by atoms with E-state index < -0.39 is 102 Å². The minimum absolute atomic E-state index is 0.110. The summed E-state index contributed by atoms with van der Waals surface area (Å²) in [4.78, 5) is 14.3. The molecule has 0 saturated heterocycles. The van der Waals surface area contributed by atoms with Gasteiger partial charge in [0.25, 0.3) is 0 Å². The molecule has 0 unspecified atom stereocenters. The topological polar surface area (TPSA) is 43.6 Å². The van der Waals surface area contributed by atoms with Crippen molar-refractivity contribution < 1.29 is 21.9 Å². The van der Waals surface area contributed by atoms with E-state index in [0.717, 1.165) is 0 Å². The van der Waals surface area contributed by atoms with E-state index in [1.165, 1.54) is 16.7 Å². The zero-order chi connectivity index (χ0) is 44.5. The summed E-state index contributed by atoms with van der Waals surface area (Å²) in [5.74, 6) is 1.01. The van der Waals surface area contributed by atoms with Crippen LogP contribution in [0.3, 0.4) is 0 Å². The average Bonchev–Trinajstić information content (AvgIpc) is 3.79. The van der Waals surface area contributed by atoms with Crippen molar-refractivity contribution in [2.45, 2.75) is 19.1 Å². The Hall–Kier alpha value is -5.87. The van der Waals surface area contributed by atoms with Crippen LogP contribution in [0.4, 0.5) is 0 Å². The van der Waals surface area contributed by atoms with Crippen LogP contribution in [0.15, 0.2) is 145 Å². The lowest BCUT2D eigenvalue weighted by Gasteiger charge is -2.23. The van der Waals surface area contributed by atoms with Crippen molar-refractivity contribution in [3.8, 4) is 51.0 Å². The van der Waals surface area contributed by atoms with Gasteiger partial charge >= 0.3 is 0 Å². The summed E-state index contributed by atoms with van der Waals surface area (Å²) in [5.41, 5.74) is -4.45. The molecule has 218 valence electrons. The second-order valence-corrected chi connectivity index (χ2v) is 10.9. The van der Waals surface area contributed by atoms with Crippen molar-refractivity contribution >= 4 is 21.8 Å². The van der Waals surface area contributed by atoms with Crippen molar-refractivity contribution in [1.82, 2.24) is 19.5 Å². The molecule has 1 aliphatic rings. The van der Waals surface area contributed by atoms with Gasteiger partial charge in [0.15, 0.2) is 17.5 Å². The first-order valence-electron chi connectivity index (χ1n) is 22.4. The summed E-state index contributed by atoms with van der Waals surface area (Å²) in [6.07, 6.45) is 0. The van der Waals surface area contributed by atoms with Crippen LogP contribution in [0, 0.1) is 0 Å². The Morgan fingerprint density at radius 2 is 1.15 bits per heavy atom. The van der Waals surface area contributed by atoms with E-state index in [-0.39, 0.29) is 33.3 Å². The smallest absolute Gasteiger partial charge is 0.164 e. The lowest BCUT2D eigenvalue weighted by atomic mass is 9.81. The highest BCUT2D eigenvalue weighted by Gasteiger charge is 2.38. The fourth-order valence-corrected chi connectivity index (χ4v) is 6.08. The first kappa shape index (κ1) is 14.9. The van der Waals surface area contributed by atoms with Gasteiger partial charge in [0.05, 0.1) is 24.7 Å². The van der Waals surface area contributed by atoms with Crippen LogP contribution in [0.25, 0.3) is 72.8 Å². The Labute approximate surface area is 290 Å². The number of hydrogen-bond donors (Lipinski definition) is 0. The predicted molar refractivity (Wildman–Crippen MR) is 188 cm³/mol. The molecule has 0 spiro atoms. The molecule has 0 fully saturated rings. The highest BCUT2D eigenvalue weighted by Crippen LogP contribution is 2.52. The van der Waals surface area contributed by atoms with E-state index in [2.05, 4.69) is 0 Å². The largest absolute Gasteiger partial charge is 0.309 e. The molecule has 2 heterocycles. The van der Waals surface area contributed by atoms with E-state index in [4.69, 9.17) is 32.8 Å². The van der Waals surface area contributed by atoms with Crippen LogP contribution in [-0.4, -0.2) is 19.5 Å². The molecular formula is C42H30N4. The Morgan fingerprint density at radius 3 is 1.80 bits per heavy atom. The molecule has 1 aliphatic carbocycles. The van der Waals surface area contributed by atoms with Crippen molar-refractivity contribution in [2.75, 3.05) is 0 Å². The minimum Gasteiger partial charge on any atom is -0.309 e. The Kier molecular flexibility index (Phi) is 3.27. The van der Waals surface area contributed by atoms with Gasteiger partial charge in [0.2, 0.25) is 0 Å². The number of nitrogens with zero attached hydrogens (tertiary/aromatic N) is 4. The highest BCUT2D eigenvalue weighted by atomic mass is 15.0. The van der Waals surface area contributed by atoms with Crippen molar-refractivity contribution in [2.24, 2.45) is 0 Å². The maximum atomic E-state index is 9.39. The first-order chi connectivity index (χ1) is 29.2. The monoisotopic (exact) mass is 606 g/mol. The summed E-state index contributed by atoms with van der Waals surface area (Å²) < 4.78 is 144. The molecule has 0 radical (unpaired) electrons. The lowest BCUT2D eigenvalue weighted by Crippen LogP contribution is -2.16. The zero-order valence-electron chi connectivity index (χ0n) is 39.9. The van der Waals surface area contributed by atoms with E-state index in [0.29, 0.717) is 28.3 Å². The van der Waals surface area contributed by atoms with Gasteiger partial charge in [-0.25, -0.2) is 15.0 Å². The average molecular weight is 607 g/mol. The van der Waals surface area contributed by atoms with Gasteiger partial charge in [0.1, 0.15) is 0 Å². The lowest BCUT2D eigenvalue weighted by molar-refractivity contribution is 0.664. The summed E-state index contributed by atoms with van der Waals surface area (Å²) in [6.45, 7) is -7.24. The van der Waals surface area contributed by atoms with Gasteiger partial charge in [-0.15, -0.1) is 0 Å². The first-order valence-corrected chi connectivity index (χ1v) is 14.4. The van der Waals surface area contributed by atoms with Crippen LogP contribution in [0.1, 0.15) is 46.8 Å². The molecule has 8 aromatic rings. The molecule has 0 aliphatic heterocycles.